The largest absolute Gasteiger partial charge is 0.511 e. The van der Waals surface area contributed by atoms with Gasteiger partial charge in [-0.05, 0) is 83.8 Å². The quantitative estimate of drug-likeness (QED) is 0.222. The van der Waals surface area contributed by atoms with Crippen LogP contribution in [0.4, 0.5) is 0 Å². The minimum Gasteiger partial charge on any atom is -0.511 e. The third kappa shape index (κ3) is 4.73. The number of primary amides is 1. The zero-order valence-corrected chi connectivity index (χ0v) is 25.5. The van der Waals surface area contributed by atoms with Gasteiger partial charge in [-0.15, -0.1) is 0 Å². The molecule has 1 amide bonds. The van der Waals surface area contributed by atoms with Crippen molar-refractivity contribution in [3.8, 4) is 16.9 Å². The molecule has 3 aromatic carbocycles. The fraction of sp³-hybridized carbons (Fsp3) is 0.361. The van der Waals surface area contributed by atoms with Gasteiger partial charge >= 0.3 is 0 Å². The number of fused-ring (bicyclic) bond motifs is 4. The molecule has 3 atom stereocenters. The van der Waals surface area contributed by atoms with Crippen LogP contribution >= 0.6 is 0 Å². The molecule has 9 heteroatoms. The van der Waals surface area contributed by atoms with Crippen LogP contribution in [0.3, 0.4) is 0 Å². The number of phenolic OH excluding ortho intramolecular Hbond substituents is 1. The minimum atomic E-state index is -2.59. The molecule has 0 aromatic heterocycles. The molecule has 0 unspecified atom stereocenters. The number of hydrogen-bond donors (Lipinski definition) is 5. The Kier molecular flexibility index (Phi) is 7.79. The summed E-state index contributed by atoms with van der Waals surface area (Å²) in [6.07, 6.45) is 2.19. The van der Waals surface area contributed by atoms with Crippen LogP contribution in [0.1, 0.15) is 61.0 Å². The fourth-order valence-electron chi connectivity index (χ4n) is 7.75. The van der Waals surface area contributed by atoms with Gasteiger partial charge in [0, 0.05) is 24.5 Å². The van der Waals surface area contributed by atoms with E-state index in [0.717, 1.165) is 54.4 Å². The van der Waals surface area contributed by atoms with Gasteiger partial charge in [-0.2, -0.15) is 0 Å². The van der Waals surface area contributed by atoms with Crippen LogP contribution in [0.15, 0.2) is 71.2 Å². The van der Waals surface area contributed by atoms with E-state index in [1.165, 1.54) is 11.6 Å². The molecule has 6 N–H and O–H groups in total. The van der Waals surface area contributed by atoms with E-state index in [1.54, 1.807) is 6.07 Å². The standard InChI is InChI=1S/C36H38N2O7/c1-3-13-38(14-4-2)18-19-9-10-24(23-8-6-5-7-22(19)23)25-11-12-27(39)30-26(25)16-20-15-21-17-28(40)31(35(37)44)34(43)36(21,45)33(42)29(20)32(30)41/h5-12,20-21,39-40,42,45H,3-4,13-18H2,1-2H3,(H2,37,44)/t20-,21+,36+/m1/s1. The van der Waals surface area contributed by atoms with Crippen LogP contribution in [-0.2, 0) is 22.6 Å². The van der Waals surface area contributed by atoms with Gasteiger partial charge in [0.25, 0.3) is 5.91 Å². The van der Waals surface area contributed by atoms with Crippen LogP contribution < -0.4 is 5.73 Å². The van der Waals surface area contributed by atoms with Gasteiger partial charge in [-0.25, -0.2) is 0 Å². The van der Waals surface area contributed by atoms with E-state index in [4.69, 9.17) is 5.73 Å². The summed E-state index contributed by atoms with van der Waals surface area (Å²) in [5.41, 5.74) is 5.26. The average Bonchev–Trinajstić information content (AvgIpc) is 2.99. The maximum atomic E-state index is 14.1. The summed E-state index contributed by atoms with van der Waals surface area (Å²) in [4.78, 5) is 41.7. The van der Waals surface area contributed by atoms with Gasteiger partial charge < -0.3 is 26.2 Å². The molecule has 3 aliphatic rings. The highest BCUT2D eigenvalue weighted by Gasteiger charge is 2.59. The van der Waals surface area contributed by atoms with Crippen molar-refractivity contribution in [2.75, 3.05) is 13.1 Å². The number of carbonyl (C=O) groups is 3. The Balaban J connectivity index is 1.47. The zero-order valence-electron chi connectivity index (χ0n) is 25.5. The van der Waals surface area contributed by atoms with Crippen LogP contribution in [0.2, 0.25) is 0 Å². The Morgan fingerprint density at radius 3 is 2.27 bits per heavy atom. The molecule has 0 heterocycles. The second kappa shape index (κ2) is 11.5. The predicted octanol–water partition coefficient (Wildman–Crippen LogP) is 5.02. The van der Waals surface area contributed by atoms with E-state index in [9.17, 15) is 34.8 Å². The predicted molar refractivity (Wildman–Crippen MR) is 170 cm³/mol. The Labute approximate surface area is 261 Å². The summed E-state index contributed by atoms with van der Waals surface area (Å²) in [5, 5.41) is 46.4. The second-order valence-corrected chi connectivity index (χ2v) is 12.5. The lowest BCUT2D eigenvalue weighted by atomic mass is 9.60. The maximum Gasteiger partial charge on any atom is 0.255 e. The normalized spacial score (nSPS) is 22.9. The van der Waals surface area contributed by atoms with E-state index in [0.29, 0.717) is 5.56 Å². The Morgan fingerprint density at radius 1 is 0.933 bits per heavy atom. The number of allylic oxidation sites excluding steroid dienone is 2. The Bertz CT molecular complexity index is 1820. The van der Waals surface area contributed by atoms with Crippen LogP contribution in [0.5, 0.6) is 5.75 Å². The molecule has 9 nitrogen and oxygen atoms in total. The Hall–Kier alpha value is -4.47. The fourth-order valence-corrected chi connectivity index (χ4v) is 7.75. The maximum absolute atomic E-state index is 14.1. The first kappa shape index (κ1) is 30.6. The topological polar surface area (TPSA) is 161 Å². The van der Waals surface area contributed by atoms with Gasteiger partial charge in [-0.1, -0.05) is 56.3 Å². The van der Waals surface area contributed by atoms with Gasteiger partial charge in [0.05, 0.1) is 5.56 Å². The number of Topliss-reactive ketones (excluding diaryl/α,β-unsaturated/α-hetero) is 2. The molecule has 0 bridgehead atoms. The van der Waals surface area contributed by atoms with Crippen molar-refractivity contribution < 1.29 is 34.8 Å². The molecule has 0 spiro atoms. The van der Waals surface area contributed by atoms with Crippen LogP contribution in [-0.4, -0.2) is 61.5 Å². The number of carbonyl (C=O) groups excluding carboxylic acids is 3. The molecular weight excluding hydrogens is 572 g/mol. The number of aliphatic hydroxyl groups excluding tert-OH is 2. The van der Waals surface area contributed by atoms with Crippen molar-refractivity contribution in [3.63, 3.8) is 0 Å². The number of aliphatic hydroxyl groups is 3. The number of aromatic hydroxyl groups is 1. The smallest absolute Gasteiger partial charge is 0.255 e. The van der Waals surface area contributed by atoms with Crippen molar-refractivity contribution in [2.45, 2.75) is 58.1 Å². The van der Waals surface area contributed by atoms with Gasteiger partial charge in [0.1, 0.15) is 22.8 Å². The lowest BCUT2D eigenvalue weighted by Gasteiger charge is -2.45. The first-order valence-electron chi connectivity index (χ1n) is 15.6. The summed E-state index contributed by atoms with van der Waals surface area (Å²) in [6.45, 7) is 7.17. The summed E-state index contributed by atoms with van der Waals surface area (Å²) < 4.78 is 0. The Morgan fingerprint density at radius 2 is 1.60 bits per heavy atom. The lowest BCUT2D eigenvalue weighted by Crippen LogP contribution is -2.57. The number of rotatable bonds is 8. The first-order chi connectivity index (χ1) is 21.5. The minimum absolute atomic E-state index is 0.00865. The lowest BCUT2D eigenvalue weighted by molar-refractivity contribution is -0.144. The molecule has 0 saturated heterocycles. The molecule has 0 fully saturated rings. The molecule has 45 heavy (non-hydrogen) atoms. The monoisotopic (exact) mass is 610 g/mol. The third-order valence-electron chi connectivity index (χ3n) is 9.72. The molecule has 0 radical (unpaired) electrons. The van der Waals surface area contributed by atoms with Crippen molar-refractivity contribution in [2.24, 2.45) is 17.6 Å². The van der Waals surface area contributed by atoms with E-state index in [2.05, 4.69) is 43.0 Å². The van der Waals surface area contributed by atoms with Crippen molar-refractivity contribution in [3.05, 3.63) is 87.9 Å². The number of nitrogens with zero attached hydrogens (tertiary/aromatic N) is 1. The molecule has 0 saturated carbocycles. The van der Waals surface area contributed by atoms with Crippen molar-refractivity contribution in [1.29, 1.82) is 0 Å². The van der Waals surface area contributed by atoms with Gasteiger partial charge in [0.2, 0.25) is 5.78 Å². The van der Waals surface area contributed by atoms with Gasteiger partial charge in [-0.3, -0.25) is 19.3 Å². The second-order valence-electron chi connectivity index (χ2n) is 12.5. The van der Waals surface area contributed by atoms with Crippen molar-refractivity contribution >= 4 is 28.2 Å². The number of benzene rings is 3. The number of hydrogen-bond acceptors (Lipinski definition) is 8. The third-order valence-corrected chi connectivity index (χ3v) is 9.72. The summed E-state index contributed by atoms with van der Waals surface area (Å²) in [7, 11) is 0. The SMILES string of the molecule is CCCN(CCC)Cc1ccc(-c2ccc(O)c3c2C[C@H]2C[C@H]4CC(O)=C(C(N)=O)C(=O)[C@@]4(O)C(O)=C2C3=O)c2ccccc12. The number of ketones is 2. The zero-order chi connectivity index (χ0) is 32.2. The number of amides is 1. The first-order valence-corrected chi connectivity index (χ1v) is 15.6. The summed E-state index contributed by atoms with van der Waals surface area (Å²) >= 11 is 0. The summed E-state index contributed by atoms with van der Waals surface area (Å²) in [5.74, 6) is -6.39. The van der Waals surface area contributed by atoms with Crippen LogP contribution in [0, 0.1) is 11.8 Å². The average molecular weight is 611 g/mol. The van der Waals surface area contributed by atoms with E-state index < -0.39 is 52.0 Å². The number of nitrogens with two attached hydrogens (primary N) is 1. The highest BCUT2D eigenvalue weighted by Crippen LogP contribution is 2.52. The molecule has 234 valence electrons. The van der Waals surface area contributed by atoms with E-state index in [1.807, 2.05) is 12.1 Å². The highest BCUT2D eigenvalue weighted by molar-refractivity contribution is 6.24. The number of phenols is 1. The highest BCUT2D eigenvalue weighted by atomic mass is 16.3. The molecule has 0 aliphatic heterocycles. The molecule has 3 aromatic rings. The van der Waals surface area contributed by atoms with Crippen molar-refractivity contribution in [1.82, 2.24) is 4.90 Å². The molecular formula is C36H38N2O7. The van der Waals surface area contributed by atoms with Gasteiger partial charge in [0.15, 0.2) is 11.4 Å². The van der Waals surface area contributed by atoms with E-state index >= 15 is 0 Å². The molecule has 6 rings (SSSR count). The summed E-state index contributed by atoms with van der Waals surface area (Å²) in [6, 6.07) is 15.6. The molecule has 3 aliphatic carbocycles. The van der Waals surface area contributed by atoms with E-state index in [-0.39, 0.29) is 36.1 Å². The van der Waals surface area contributed by atoms with Crippen LogP contribution in [0.25, 0.3) is 21.9 Å².